The van der Waals surface area contributed by atoms with Gasteiger partial charge in [0.25, 0.3) is 0 Å². The van der Waals surface area contributed by atoms with Crippen molar-refractivity contribution in [3.8, 4) is 11.8 Å². The van der Waals surface area contributed by atoms with Crippen LogP contribution in [-0.4, -0.2) is 45.2 Å². The van der Waals surface area contributed by atoms with Crippen LogP contribution in [0.15, 0.2) is 36.5 Å². The summed E-state index contributed by atoms with van der Waals surface area (Å²) in [7, 11) is 0. The van der Waals surface area contributed by atoms with Crippen molar-refractivity contribution in [1.82, 2.24) is 19.4 Å². The number of unbranched alkanes of at least 4 members (excludes halogenated alkanes) is 2. The molecule has 6 nitrogen and oxygen atoms in total. The Balaban J connectivity index is 1.49. The average molecular weight is 450 g/mol. The van der Waals surface area contributed by atoms with Crippen LogP contribution < -0.4 is 5.73 Å². The van der Waals surface area contributed by atoms with Gasteiger partial charge in [-0.3, -0.25) is 4.90 Å². The topological polar surface area (TPSA) is 69.2 Å². The van der Waals surface area contributed by atoms with Gasteiger partial charge < -0.3 is 15.0 Å². The predicted octanol–water partition coefficient (Wildman–Crippen LogP) is 4.32. The maximum absolute atomic E-state index is 12.9. The van der Waals surface area contributed by atoms with Crippen molar-refractivity contribution in [1.29, 1.82) is 0 Å². The summed E-state index contributed by atoms with van der Waals surface area (Å²) in [5, 5.41) is 0. The number of aryl methyl sites for hydroxylation is 1. The van der Waals surface area contributed by atoms with Gasteiger partial charge in [-0.15, -0.1) is 0 Å². The van der Waals surface area contributed by atoms with Crippen molar-refractivity contribution in [2.24, 2.45) is 0 Å². The average Bonchev–Trinajstić information content (AvgIpc) is 3.14. The minimum Gasteiger partial charge on any atom is -0.382 e. The van der Waals surface area contributed by atoms with Crippen molar-refractivity contribution in [2.75, 3.05) is 25.4 Å². The molecule has 0 amide bonds. The van der Waals surface area contributed by atoms with Crippen LogP contribution in [0.25, 0.3) is 11.0 Å². The van der Waals surface area contributed by atoms with Crippen LogP contribution in [0.1, 0.15) is 49.6 Å². The van der Waals surface area contributed by atoms with E-state index in [0.29, 0.717) is 32.2 Å². The van der Waals surface area contributed by atoms with Gasteiger partial charge in [-0.25, -0.2) is 14.4 Å². The number of rotatable bonds is 10. The van der Waals surface area contributed by atoms with E-state index in [1.807, 2.05) is 41.1 Å². The number of ether oxygens (including phenoxy) is 1. The Kier molecular flexibility index (Phi) is 7.92. The summed E-state index contributed by atoms with van der Waals surface area (Å²) in [5.41, 5.74) is 9.86. The molecule has 2 aromatic heterocycles. The molecule has 33 heavy (non-hydrogen) atoms. The molecular weight excluding hydrogens is 417 g/mol. The Bertz CT molecular complexity index is 1110. The number of anilines is 1. The third-order valence-corrected chi connectivity index (χ3v) is 5.79. The first-order valence-electron chi connectivity index (χ1n) is 11.8. The number of nitrogens with two attached hydrogens (primary N) is 1. The predicted molar refractivity (Wildman–Crippen MR) is 129 cm³/mol. The lowest BCUT2D eigenvalue weighted by Gasteiger charge is -2.33. The standard InChI is InChI=1S/C26H32FN5O/c1-2-3-13-23-29-24-21(12-8-5-9-14-31-16-22(27)17-31)15-32(25(24)26(28)30-23)19-33-18-20-10-6-4-7-11-20/h4,6-7,10-11,15,22H,2-3,5,9,13-14,16-19H2,1H3,(H2,28,29,30). The second kappa shape index (κ2) is 11.3. The van der Waals surface area contributed by atoms with E-state index in [1.165, 1.54) is 0 Å². The first kappa shape index (κ1) is 23.2. The van der Waals surface area contributed by atoms with Crippen molar-refractivity contribution >= 4 is 16.9 Å². The summed E-state index contributed by atoms with van der Waals surface area (Å²) >= 11 is 0. The number of fused-ring (bicyclic) bond motifs is 1. The second-order valence-corrected chi connectivity index (χ2v) is 8.56. The minimum absolute atomic E-state index is 0.342. The Morgan fingerprint density at radius 2 is 2.00 bits per heavy atom. The molecule has 0 bridgehead atoms. The molecule has 0 radical (unpaired) electrons. The van der Waals surface area contributed by atoms with Gasteiger partial charge in [0.15, 0.2) is 5.82 Å². The van der Waals surface area contributed by atoms with E-state index < -0.39 is 6.17 Å². The molecular formula is C26H32FN5O. The first-order valence-corrected chi connectivity index (χ1v) is 11.8. The smallest absolute Gasteiger partial charge is 0.151 e. The Morgan fingerprint density at radius 1 is 1.18 bits per heavy atom. The molecule has 3 heterocycles. The zero-order valence-corrected chi connectivity index (χ0v) is 19.3. The second-order valence-electron chi connectivity index (χ2n) is 8.56. The number of nitrogen functional groups attached to an aromatic ring is 1. The van der Waals surface area contributed by atoms with E-state index in [1.54, 1.807) is 0 Å². The fourth-order valence-electron chi connectivity index (χ4n) is 3.99. The van der Waals surface area contributed by atoms with E-state index >= 15 is 0 Å². The highest BCUT2D eigenvalue weighted by Gasteiger charge is 2.24. The van der Waals surface area contributed by atoms with E-state index in [2.05, 4.69) is 28.6 Å². The normalized spacial score (nSPS) is 14.2. The van der Waals surface area contributed by atoms with Crippen LogP contribution in [0.3, 0.4) is 0 Å². The highest BCUT2D eigenvalue weighted by Crippen LogP contribution is 2.24. The van der Waals surface area contributed by atoms with Crippen LogP contribution in [0.4, 0.5) is 10.2 Å². The van der Waals surface area contributed by atoms with Gasteiger partial charge in [-0.2, -0.15) is 0 Å². The molecule has 4 rings (SSSR count). The number of alkyl halides is 1. The summed E-state index contributed by atoms with van der Waals surface area (Å²) in [5.74, 6) is 7.76. The first-order chi connectivity index (χ1) is 16.1. The lowest BCUT2D eigenvalue weighted by atomic mass is 10.1. The zero-order chi connectivity index (χ0) is 23.0. The van der Waals surface area contributed by atoms with Gasteiger partial charge in [0.2, 0.25) is 0 Å². The van der Waals surface area contributed by atoms with Crippen molar-refractivity contribution in [3.05, 3.63) is 53.5 Å². The lowest BCUT2D eigenvalue weighted by molar-refractivity contribution is 0.0653. The summed E-state index contributed by atoms with van der Waals surface area (Å²) in [6, 6.07) is 10.1. The zero-order valence-electron chi connectivity index (χ0n) is 19.3. The van der Waals surface area contributed by atoms with Gasteiger partial charge in [0.05, 0.1) is 12.2 Å². The molecule has 3 aromatic rings. The van der Waals surface area contributed by atoms with Crippen LogP contribution in [0, 0.1) is 11.8 Å². The van der Waals surface area contributed by atoms with Crippen LogP contribution >= 0.6 is 0 Å². The summed E-state index contributed by atoms with van der Waals surface area (Å²) < 4.78 is 20.8. The van der Waals surface area contributed by atoms with E-state index in [4.69, 9.17) is 15.5 Å². The molecule has 7 heteroatoms. The molecule has 0 atom stereocenters. The fourth-order valence-corrected chi connectivity index (χ4v) is 3.99. The molecule has 174 valence electrons. The van der Waals surface area contributed by atoms with Crippen LogP contribution in [-0.2, 0) is 24.5 Å². The molecule has 1 aromatic carbocycles. The molecule has 0 saturated carbocycles. The Labute approximate surface area is 195 Å². The van der Waals surface area contributed by atoms with Gasteiger partial charge >= 0.3 is 0 Å². The number of aromatic nitrogens is 3. The number of halogens is 1. The molecule has 0 aliphatic carbocycles. The largest absolute Gasteiger partial charge is 0.382 e. The van der Waals surface area contributed by atoms with E-state index in [-0.39, 0.29) is 0 Å². The molecule has 2 N–H and O–H groups in total. The van der Waals surface area contributed by atoms with Gasteiger partial charge in [0, 0.05) is 32.1 Å². The van der Waals surface area contributed by atoms with Crippen molar-refractivity contribution < 1.29 is 9.13 Å². The number of hydrogen-bond acceptors (Lipinski definition) is 5. The Morgan fingerprint density at radius 3 is 2.76 bits per heavy atom. The highest BCUT2D eigenvalue weighted by atomic mass is 19.1. The van der Waals surface area contributed by atoms with Crippen LogP contribution in [0.2, 0.25) is 0 Å². The lowest BCUT2D eigenvalue weighted by Crippen LogP contribution is -2.48. The number of benzene rings is 1. The molecule has 1 saturated heterocycles. The maximum Gasteiger partial charge on any atom is 0.151 e. The van der Waals surface area contributed by atoms with E-state index in [9.17, 15) is 4.39 Å². The van der Waals surface area contributed by atoms with Gasteiger partial charge in [-0.1, -0.05) is 55.5 Å². The number of likely N-dealkylation sites (tertiary alicyclic amines) is 1. The maximum atomic E-state index is 12.9. The van der Waals surface area contributed by atoms with Crippen molar-refractivity contribution in [3.63, 3.8) is 0 Å². The third kappa shape index (κ3) is 6.10. The number of hydrogen-bond donors (Lipinski definition) is 1. The minimum atomic E-state index is -0.654. The monoisotopic (exact) mass is 449 g/mol. The Hall–Kier alpha value is -2.95. The quantitative estimate of drug-likeness (QED) is 0.369. The van der Waals surface area contributed by atoms with Gasteiger partial charge in [-0.05, 0) is 24.9 Å². The molecule has 1 aliphatic rings. The van der Waals surface area contributed by atoms with Gasteiger partial charge in [0.1, 0.15) is 29.8 Å². The molecule has 1 fully saturated rings. The summed E-state index contributed by atoms with van der Waals surface area (Å²) in [6.07, 6.45) is 5.88. The SMILES string of the molecule is CCCCc1nc(N)c2c(n1)c(C#CCCCN1CC(F)C1)cn2COCc1ccccc1. The van der Waals surface area contributed by atoms with Crippen LogP contribution in [0.5, 0.6) is 0 Å². The fraction of sp³-hybridized carbons (Fsp3) is 0.462. The van der Waals surface area contributed by atoms with E-state index in [0.717, 1.165) is 66.6 Å². The summed E-state index contributed by atoms with van der Waals surface area (Å²) in [6.45, 7) is 5.00. The molecule has 1 aliphatic heterocycles. The molecule has 0 spiro atoms. The number of nitrogens with zero attached hydrogens (tertiary/aromatic N) is 4. The molecule has 0 unspecified atom stereocenters. The summed E-state index contributed by atoms with van der Waals surface area (Å²) in [4.78, 5) is 11.5. The third-order valence-electron chi connectivity index (χ3n) is 5.79. The highest BCUT2D eigenvalue weighted by molar-refractivity contribution is 5.90. The van der Waals surface area contributed by atoms with Crippen molar-refractivity contribution in [2.45, 2.75) is 58.5 Å².